The maximum absolute atomic E-state index is 10.7. The molecule has 0 unspecified atom stereocenters. The van der Waals surface area contributed by atoms with Crippen molar-refractivity contribution in [3.8, 4) is 11.8 Å². The second-order valence-corrected chi connectivity index (χ2v) is 11.0. The minimum atomic E-state index is -0.498. The smallest absolute Gasteiger partial charge is 0.132 e. The van der Waals surface area contributed by atoms with Gasteiger partial charge in [-0.1, -0.05) is 30.3 Å². The number of nitriles is 1. The molecule has 31 heavy (non-hydrogen) atoms. The summed E-state index contributed by atoms with van der Waals surface area (Å²) in [5.41, 5.74) is -0.444. The fourth-order valence-electron chi connectivity index (χ4n) is 5.93. The predicted octanol–water partition coefficient (Wildman–Crippen LogP) is 6.09. The van der Waals surface area contributed by atoms with Crippen molar-refractivity contribution in [2.24, 2.45) is 5.41 Å². The number of thiophene rings is 2. The zero-order valence-electron chi connectivity index (χ0n) is 17.8. The van der Waals surface area contributed by atoms with Crippen molar-refractivity contribution < 1.29 is 9.22 Å². The molecule has 2 bridgehead atoms. The van der Waals surface area contributed by atoms with Crippen LogP contribution in [0.4, 0.5) is 0 Å². The molecule has 0 radical (unpaired) electrons. The van der Waals surface area contributed by atoms with E-state index >= 15 is 0 Å². The summed E-state index contributed by atoms with van der Waals surface area (Å²) in [5.74, 6) is 0.963. The molecule has 0 saturated carbocycles. The van der Waals surface area contributed by atoms with Gasteiger partial charge in [0, 0.05) is 40.9 Å². The molecule has 3 nitrogen and oxygen atoms in total. The summed E-state index contributed by atoms with van der Waals surface area (Å²) in [4.78, 5) is 2.46. The Morgan fingerprint density at radius 1 is 0.903 bits per heavy atom. The Morgan fingerprint density at radius 2 is 1.52 bits per heavy atom. The van der Waals surface area contributed by atoms with E-state index in [1.807, 2.05) is 30.3 Å². The molecule has 2 aromatic heterocycles. The Bertz CT molecular complexity index is 963. The minimum absolute atomic E-state index is 0.0536. The number of ether oxygens (including phenoxy) is 1. The van der Waals surface area contributed by atoms with Crippen LogP contribution in [0, 0.1) is 16.7 Å². The van der Waals surface area contributed by atoms with Crippen LogP contribution < -0.4 is 4.74 Å². The molecule has 0 aliphatic carbocycles. The Morgan fingerprint density at radius 3 is 2.03 bits per heavy atom. The predicted molar refractivity (Wildman–Crippen MR) is 128 cm³/mol. The number of fused-ring (bicyclic) bond motifs is 3. The molecule has 5 heteroatoms. The molecule has 1 aromatic carbocycles. The molecule has 0 amide bonds. The summed E-state index contributed by atoms with van der Waals surface area (Å²) in [6.07, 6.45) is 4.49. The molecule has 5 heterocycles. The van der Waals surface area contributed by atoms with Gasteiger partial charge in [-0.3, -0.25) is 0 Å². The van der Waals surface area contributed by atoms with Gasteiger partial charge in [0.1, 0.15) is 11.2 Å². The summed E-state index contributed by atoms with van der Waals surface area (Å²) in [6.45, 7) is 5.52. The van der Waals surface area contributed by atoms with Gasteiger partial charge in [0.25, 0.3) is 0 Å². The molecule has 3 aromatic rings. The standard InChI is InChI=1S/C26H29N2OS2/c27-21-26(23-9-4-19-30-23,24-10-5-20-31-24)25-11-15-28(16-12-25,17-13-25)14-6-18-29-22-7-2-1-3-8-22/h1-5,7-10,19-20H,6,11-18H2/q+1. The van der Waals surface area contributed by atoms with E-state index < -0.39 is 5.41 Å². The molecule has 3 saturated heterocycles. The summed E-state index contributed by atoms with van der Waals surface area (Å²) in [6, 6.07) is 21.6. The number of nitrogens with zero attached hydrogens (tertiary/aromatic N) is 2. The van der Waals surface area contributed by atoms with Gasteiger partial charge in [-0.25, -0.2) is 0 Å². The molecule has 3 fully saturated rings. The zero-order chi connectivity index (χ0) is 21.2. The van der Waals surface area contributed by atoms with Crippen LogP contribution in [0.1, 0.15) is 35.4 Å². The highest BCUT2D eigenvalue weighted by atomic mass is 32.1. The van der Waals surface area contributed by atoms with Crippen molar-refractivity contribution in [1.82, 2.24) is 0 Å². The van der Waals surface area contributed by atoms with Gasteiger partial charge in [-0.2, -0.15) is 5.26 Å². The van der Waals surface area contributed by atoms with Crippen molar-refractivity contribution in [1.29, 1.82) is 5.26 Å². The van der Waals surface area contributed by atoms with Crippen molar-refractivity contribution in [2.75, 3.05) is 32.8 Å². The van der Waals surface area contributed by atoms with E-state index in [-0.39, 0.29) is 5.41 Å². The Hall–Kier alpha value is -2.13. The fourth-order valence-corrected chi connectivity index (χ4v) is 8.01. The summed E-state index contributed by atoms with van der Waals surface area (Å²) in [7, 11) is 0. The maximum Gasteiger partial charge on any atom is 0.132 e. The van der Waals surface area contributed by atoms with Crippen LogP contribution in [0.5, 0.6) is 5.75 Å². The Labute approximate surface area is 193 Å². The lowest BCUT2D eigenvalue weighted by atomic mass is 9.54. The van der Waals surface area contributed by atoms with Crippen molar-refractivity contribution >= 4 is 22.7 Å². The average molecular weight is 450 g/mol. The third-order valence-electron chi connectivity index (χ3n) is 7.73. The highest BCUT2D eigenvalue weighted by molar-refractivity contribution is 7.12. The lowest BCUT2D eigenvalue weighted by Gasteiger charge is -2.59. The number of piperidine rings is 3. The maximum atomic E-state index is 10.7. The lowest BCUT2D eigenvalue weighted by Crippen LogP contribution is -2.66. The highest BCUT2D eigenvalue weighted by Crippen LogP contribution is 2.60. The van der Waals surface area contributed by atoms with Crippen molar-refractivity contribution in [3.63, 3.8) is 0 Å². The van der Waals surface area contributed by atoms with Gasteiger partial charge in [-0.05, 0) is 35.0 Å². The number of rotatable bonds is 8. The lowest BCUT2D eigenvalue weighted by molar-refractivity contribution is -0.946. The van der Waals surface area contributed by atoms with Gasteiger partial charge >= 0.3 is 0 Å². The Kier molecular flexibility index (Phi) is 5.64. The third-order valence-corrected chi connectivity index (χ3v) is 9.71. The van der Waals surface area contributed by atoms with Crippen LogP contribution in [-0.2, 0) is 5.41 Å². The number of para-hydroxylation sites is 1. The monoisotopic (exact) mass is 449 g/mol. The van der Waals surface area contributed by atoms with Crippen LogP contribution in [0.15, 0.2) is 65.4 Å². The first-order chi connectivity index (χ1) is 15.2. The molecule has 3 aliphatic heterocycles. The molecule has 0 N–H and O–H groups in total. The zero-order valence-corrected chi connectivity index (χ0v) is 19.5. The van der Waals surface area contributed by atoms with E-state index in [1.165, 1.54) is 40.4 Å². The molecule has 6 rings (SSSR count). The molecular weight excluding hydrogens is 420 g/mol. The molecule has 0 atom stereocenters. The molecule has 0 spiro atoms. The van der Waals surface area contributed by atoms with Gasteiger partial charge in [0.05, 0.1) is 38.9 Å². The highest BCUT2D eigenvalue weighted by Gasteiger charge is 2.62. The second-order valence-electron chi connectivity index (χ2n) is 9.10. The number of quaternary nitrogens is 1. The van der Waals surface area contributed by atoms with Crippen LogP contribution in [0.3, 0.4) is 0 Å². The van der Waals surface area contributed by atoms with Gasteiger partial charge in [0.2, 0.25) is 0 Å². The topological polar surface area (TPSA) is 33.0 Å². The van der Waals surface area contributed by atoms with Gasteiger partial charge < -0.3 is 9.22 Å². The van der Waals surface area contributed by atoms with Crippen LogP contribution >= 0.6 is 22.7 Å². The van der Waals surface area contributed by atoms with E-state index in [1.54, 1.807) is 22.7 Å². The van der Waals surface area contributed by atoms with E-state index in [9.17, 15) is 5.26 Å². The first-order valence-corrected chi connectivity index (χ1v) is 13.0. The fraction of sp³-hybridized carbons (Fsp3) is 0.423. The molecular formula is C26H29N2OS2+. The van der Waals surface area contributed by atoms with Crippen LogP contribution in [-0.4, -0.2) is 37.3 Å². The van der Waals surface area contributed by atoms with Gasteiger partial charge in [0.15, 0.2) is 0 Å². The first-order valence-electron chi connectivity index (χ1n) is 11.2. The van der Waals surface area contributed by atoms with Crippen molar-refractivity contribution in [3.05, 3.63) is 75.1 Å². The summed E-state index contributed by atoms with van der Waals surface area (Å²) < 4.78 is 7.14. The van der Waals surface area contributed by atoms with E-state index in [2.05, 4.69) is 41.1 Å². The SMILES string of the molecule is N#CC(c1cccs1)(c1cccs1)C12CC[N+](CCCOc3ccccc3)(CC1)CC2. The number of benzene rings is 1. The van der Waals surface area contributed by atoms with Crippen LogP contribution in [0.25, 0.3) is 0 Å². The normalized spacial score (nSPS) is 25.3. The summed E-state index contributed by atoms with van der Waals surface area (Å²) >= 11 is 3.51. The molecule has 160 valence electrons. The van der Waals surface area contributed by atoms with Gasteiger partial charge in [-0.15, -0.1) is 22.7 Å². The summed E-state index contributed by atoms with van der Waals surface area (Å²) in [5, 5.41) is 14.9. The van der Waals surface area contributed by atoms with E-state index in [4.69, 9.17) is 4.74 Å². The van der Waals surface area contributed by atoms with Crippen molar-refractivity contribution in [2.45, 2.75) is 31.1 Å². The third kappa shape index (κ3) is 3.51. The van der Waals surface area contributed by atoms with E-state index in [0.717, 1.165) is 38.0 Å². The average Bonchev–Trinajstić information content (AvgIpc) is 3.55. The minimum Gasteiger partial charge on any atom is -0.493 e. The number of hydrogen-bond acceptors (Lipinski definition) is 4. The van der Waals surface area contributed by atoms with Crippen LogP contribution in [0.2, 0.25) is 0 Å². The number of hydrogen-bond donors (Lipinski definition) is 0. The largest absolute Gasteiger partial charge is 0.493 e. The second kappa shape index (κ2) is 8.43. The first kappa shape index (κ1) is 20.8. The Balaban J connectivity index is 1.31. The quantitative estimate of drug-likeness (QED) is 0.308. The van der Waals surface area contributed by atoms with E-state index in [0.29, 0.717) is 0 Å². The molecule has 3 aliphatic rings.